The van der Waals surface area contributed by atoms with Crippen LogP contribution in [0.25, 0.3) is 5.65 Å². The monoisotopic (exact) mass is 233 g/mol. The molecule has 0 aliphatic heterocycles. The molecule has 5 heteroatoms. The van der Waals surface area contributed by atoms with Crippen molar-refractivity contribution in [2.45, 2.75) is 20.3 Å². The molecule has 0 fully saturated rings. The van der Waals surface area contributed by atoms with E-state index in [9.17, 15) is 0 Å². The third kappa shape index (κ3) is 2.94. The van der Waals surface area contributed by atoms with E-state index in [-0.39, 0.29) is 0 Å². The molecule has 0 aliphatic carbocycles. The number of hydrogen-bond acceptors (Lipinski definition) is 4. The van der Waals surface area contributed by atoms with E-state index >= 15 is 0 Å². The van der Waals surface area contributed by atoms with Crippen molar-refractivity contribution in [3.8, 4) is 0 Å². The van der Waals surface area contributed by atoms with Crippen LogP contribution in [-0.4, -0.2) is 34.2 Å². The number of aryl methyl sites for hydroxylation is 1. The van der Waals surface area contributed by atoms with Gasteiger partial charge in [0.1, 0.15) is 0 Å². The molecule has 0 radical (unpaired) electrons. The van der Waals surface area contributed by atoms with Crippen LogP contribution in [0.2, 0.25) is 0 Å². The highest BCUT2D eigenvalue weighted by Crippen LogP contribution is 2.07. The Balaban J connectivity index is 1.93. The minimum atomic E-state index is 0.692. The van der Waals surface area contributed by atoms with E-state index in [2.05, 4.69) is 27.6 Å². The number of nitrogens with zero attached hydrogens (tertiary/aromatic N) is 3. The predicted molar refractivity (Wildman–Crippen MR) is 69.4 cm³/mol. The van der Waals surface area contributed by atoms with Crippen LogP contribution < -0.4 is 10.6 Å². The van der Waals surface area contributed by atoms with Gasteiger partial charge in [-0.2, -0.15) is 4.98 Å². The predicted octanol–water partition coefficient (Wildman–Crippen LogP) is 1.45. The number of rotatable bonds is 6. The van der Waals surface area contributed by atoms with Gasteiger partial charge in [0, 0.05) is 18.8 Å². The quantitative estimate of drug-likeness (QED) is 0.741. The van der Waals surface area contributed by atoms with Crippen LogP contribution in [0.5, 0.6) is 0 Å². The summed E-state index contributed by atoms with van der Waals surface area (Å²) in [4.78, 5) is 4.40. The molecule has 0 aromatic carbocycles. The average Bonchev–Trinajstić information content (AvgIpc) is 2.73. The molecule has 0 spiro atoms. The highest BCUT2D eigenvalue weighted by Gasteiger charge is 2.03. The summed E-state index contributed by atoms with van der Waals surface area (Å²) >= 11 is 0. The second-order valence-corrected chi connectivity index (χ2v) is 4.05. The maximum atomic E-state index is 4.40. The van der Waals surface area contributed by atoms with Crippen LogP contribution in [0.4, 0.5) is 5.95 Å². The van der Waals surface area contributed by atoms with Gasteiger partial charge in [-0.1, -0.05) is 13.0 Å². The van der Waals surface area contributed by atoms with E-state index in [0.717, 1.165) is 37.4 Å². The first-order valence-corrected chi connectivity index (χ1v) is 6.08. The van der Waals surface area contributed by atoms with Crippen molar-refractivity contribution >= 4 is 11.6 Å². The van der Waals surface area contributed by atoms with Crippen molar-refractivity contribution < 1.29 is 0 Å². The Morgan fingerprint density at radius 2 is 2.12 bits per heavy atom. The van der Waals surface area contributed by atoms with E-state index < -0.39 is 0 Å². The Hall–Kier alpha value is -1.62. The summed E-state index contributed by atoms with van der Waals surface area (Å²) in [6, 6.07) is 5.97. The number of nitrogens with one attached hydrogen (secondary N) is 2. The van der Waals surface area contributed by atoms with Gasteiger partial charge in [0.05, 0.1) is 0 Å². The van der Waals surface area contributed by atoms with E-state index in [1.54, 1.807) is 0 Å². The minimum absolute atomic E-state index is 0.692. The molecule has 0 saturated carbocycles. The lowest BCUT2D eigenvalue weighted by atomic mass is 10.4. The summed E-state index contributed by atoms with van der Waals surface area (Å²) in [6.07, 6.45) is 1.16. The van der Waals surface area contributed by atoms with E-state index in [1.165, 1.54) is 0 Å². The molecule has 2 aromatic heterocycles. The molecule has 0 atom stereocenters. The summed E-state index contributed by atoms with van der Waals surface area (Å²) in [5.74, 6) is 0.692. The maximum Gasteiger partial charge on any atom is 0.243 e. The number of fused-ring (bicyclic) bond motifs is 1. The lowest BCUT2D eigenvalue weighted by Crippen LogP contribution is -2.23. The van der Waals surface area contributed by atoms with Gasteiger partial charge < -0.3 is 10.6 Å². The fraction of sp³-hybridized carbons (Fsp3) is 0.500. The summed E-state index contributed by atoms with van der Waals surface area (Å²) in [5, 5.41) is 10.9. The highest BCUT2D eigenvalue weighted by atomic mass is 15.3. The summed E-state index contributed by atoms with van der Waals surface area (Å²) in [5.41, 5.74) is 1.97. The van der Waals surface area contributed by atoms with Crippen molar-refractivity contribution in [2.24, 2.45) is 0 Å². The van der Waals surface area contributed by atoms with Crippen LogP contribution >= 0.6 is 0 Å². The van der Waals surface area contributed by atoms with E-state index in [0.29, 0.717) is 5.95 Å². The van der Waals surface area contributed by atoms with Crippen molar-refractivity contribution in [3.63, 3.8) is 0 Å². The van der Waals surface area contributed by atoms with Crippen LogP contribution in [-0.2, 0) is 0 Å². The molecule has 0 amide bonds. The summed E-state index contributed by atoms with van der Waals surface area (Å²) in [7, 11) is 0. The van der Waals surface area contributed by atoms with Gasteiger partial charge in [-0.15, -0.1) is 5.10 Å². The zero-order valence-corrected chi connectivity index (χ0v) is 10.4. The Labute approximate surface area is 101 Å². The van der Waals surface area contributed by atoms with Gasteiger partial charge in [-0.3, -0.25) is 0 Å². The molecule has 2 heterocycles. The standard InChI is InChI=1S/C12H19N5/c1-3-7-13-8-9-14-12-15-11-6-4-5-10(2)17(11)16-12/h4-6,13H,3,7-9H2,1-2H3,(H,14,16). The summed E-state index contributed by atoms with van der Waals surface area (Å²) < 4.78 is 1.85. The fourth-order valence-electron chi connectivity index (χ4n) is 1.67. The molecule has 2 rings (SSSR count). The number of anilines is 1. The molecular weight excluding hydrogens is 214 g/mol. The summed E-state index contributed by atoms with van der Waals surface area (Å²) in [6.45, 7) is 7.01. The SMILES string of the molecule is CCCNCCNc1nc2cccc(C)n2n1. The first kappa shape index (κ1) is 11.9. The van der Waals surface area contributed by atoms with Crippen LogP contribution in [0, 0.1) is 6.92 Å². The van der Waals surface area contributed by atoms with Crippen molar-refractivity contribution in [3.05, 3.63) is 23.9 Å². The van der Waals surface area contributed by atoms with Gasteiger partial charge in [-0.25, -0.2) is 4.52 Å². The average molecular weight is 233 g/mol. The Kier molecular flexibility index (Phi) is 3.93. The third-order valence-corrected chi connectivity index (χ3v) is 2.56. The molecule has 92 valence electrons. The van der Waals surface area contributed by atoms with E-state index in [4.69, 9.17) is 0 Å². The first-order chi connectivity index (χ1) is 8.31. The van der Waals surface area contributed by atoms with Crippen molar-refractivity contribution in [2.75, 3.05) is 25.0 Å². The third-order valence-electron chi connectivity index (χ3n) is 2.56. The minimum Gasteiger partial charge on any atom is -0.352 e. The van der Waals surface area contributed by atoms with E-state index in [1.807, 2.05) is 29.6 Å². The Morgan fingerprint density at radius 3 is 2.88 bits per heavy atom. The van der Waals surface area contributed by atoms with Crippen LogP contribution in [0.15, 0.2) is 18.2 Å². The van der Waals surface area contributed by atoms with Crippen molar-refractivity contribution in [1.82, 2.24) is 19.9 Å². The Morgan fingerprint density at radius 1 is 1.24 bits per heavy atom. The topological polar surface area (TPSA) is 54.2 Å². The smallest absolute Gasteiger partial charge is 0.243 e. The molecular formula is C12H19N5. The fourth-order valence-corrected chi connectivity index (χ4v) is 1.67. The van der Waals surface area contributed by atoms with Crippen LogP contribution in [0.3, 0.4) is 0 Å². The molecule has 2 aromatic rings. The molecule has 0 bridgehead atoms. The normalized spacial score (nSPS) is 10.9. The molecule has 17 heavy (non-hydrogen) atoms. The highest BCUT2D eigenvalue weighted by molar-refractivity contribution is 5.44. The van der Waals surface area contributed by atoms with Gasteiger partial charge >= 0.3 is 0 Å². The molecule has 0 unspecified atom stereocenters. The second-order valence-electron chi connectivity index (χ2n) is 4.05. The lowest BCUT2D eigenvalue weighted by molar-refractivity contribution is 0.686. The lowest BCUT2D eigenvalue weighted by Gasteiger charge is -2.02. The second kappa shape index (κ2) is 5.63. The largest absolute Gasteiger partial charge is 0.352 e. The molecule has 5 nitrogen and oxygen atoms in total. The number of aromatic nitrogens is 3. The molecule has 0 aliphatic rings. The van der Waals surface area contributed by atoms with Gasteiger partial charge in [0.25, 0.3) is 0 Å². The number of pyridine rings is 1. The number of hydrogen-bond donors (Lipinski definition) is 2. The zero-order chi connectivity index (χ0) is 12.1. The van der Waals surface area contributed by atoms with Gasteiger partial charge in [0.2, 0.25) is 5.95 Å². The van der Waals surface area contributed by atoms with Gasteiger partial charge in [-0.05, 0) is 32.0 Å². The van der Waals surface area contributed by atoms with Crippen LogP contribution in [0.1, 0.15) is 19.0 Å². The molecule has 0 saturated heterocycles. The molecule has 2 N–H and O–H groups in total. The zero-order valence-electron chi connectivity index (χ0n) is 10.4. The van der Waals surface area contributed by atoms with Gasteiger partial charge in [0.15, 0.2) is 5.65 Å². The van der Waals surface area contributed by atoms with Crippen molar-refractivity contribution in [1.29, 1.82) is 0 Å². The first-order valence-electron chi connectivity index (χ1n) is 6.08. The maximum absolute atomic E-state index is 4.40. The Bertz CT molecular complexity index is 477.